The van der Waals surface area contributed by atoms with Crippen LogP contribution in [0.4, 0.5) is 0 Å². The van der Waals surface area contributed by atoms with Crippen molar-refractivity contribution < 1.29 is 89.4 Å². The third-order valence-electron chi connectivity index (χ3n) is 16.0. The van der Waals surface area contributed by atoms with Crippen LogP contribution in [0, 0.1) is 0 Å². The fourth-order valence-corrected chi connectivity index (χ4v) is 10.8. The molecule has 19 heteroatoms. The number of amides is 1. The highest BCUT2D eigenvalue weighted by molar-refractivity contribution is 5.76. The molecule has 3 heterocycles. The number of hydrogen-bond donors (Lipinski definition) is 12. The maximum absolute atomic E-state index is 13.3. The molecule has 17 unspecified atom stereocenters. The minimum atomic E-state index is -1.98. The highest BCUT2D eigenvalue weighted by Crippen LogP contribution is 2.33. The molecule has 3 fully saturated rings. The molecule has 80 heavy (non-hydrogen) atoms. The summed E-state index contributed by atoms with van der Waals surface area (Å²) in [5.41, 5.74) is 0. The van der Waals surface area contributed by atoms with E-state index < -0.39 is 124 Å². The van der Waals surface area contributed by atoms with Gasteiger partial charge >= 0.3 is 0 Å². The fourth-order valence-electron chi connectivity index (χ4n) is 10.8. The molecule has 3 aliphatic heterocycles. The molecule has 12 N–H and O–H groups in total. The van der Waals surface area contributed by atoms with Gasteiger partial charge in [0.25, 0.3) is 0 Å². The first-order valence-electron chi connectivity index (χ1n) is 31.6. The maximum Gasteiger partial charge on any atom is 0.220 e. The summed E-state index contributed by atoms with van der Waals surface area (Å²) in [5, 5.41) is 120. The maximum atomic E-state index is 13.3. The molecule has 1 amide bonds. The summed E-state index contributed by atoms with van der Waals surface area (Å²) in [5.74, 6) is -0.276. The zero-order valence-corrected chi connectivity index (χ0v) is 49.1. The molecule has 17 atom stereocenters. The van der Waals surface area contributed by atoms with Crippen LogP contribution in [0.3, 0.4) is 0 Å². The summed E-state index contributed by atoms with van der Waals surface area (Å²) >= 11 is 0. The third kappa shape index (κ3) is 28.0. The second-order valence-corrected chi connectivity index (χ2v) is 22.9. The second-order valence-electron chi connectivity index (χ2n) is 22.9. The Kier molecular flexibility index (Phi) is 40.5. The number of carbonyl (C=O) groups excluding carboxylic acids is 1. The molecule has 3 saturated heterocycles. The minimum absolute atomic E-state index is 0.245. The van der Waals surface area contributed by atoms with Crippen molar-refractivity contribution in [3.63, 3.8) is 0 Å². The van der Waals surface area contributed by atoms with E-state index in [4.69, 9.17) is 28.4 Å². The molecular formula is C61H113NO18. The first-order chi connectivity index (χ1) is 38.8. The van der Waals surface area contributed by atoms with Gasteiger partial charge < -0.3 is 89.9 Å². The topological polar surface area (TPSA) is 307 Å². The summed E-state index contributed by atoms with van der Waals surface area (Å²) in [4.78, 5) is 13.3. The Morgan fingerprint density at radius 1 is 0.438 bits per heavy atom. The Labute approximate surface area is 479 Å². The molecule has 0 aromatic carbocycles. The van der Waals surface area contributed by atoms with Crippen LogP contribution in [0.5, 0.6) is 0 Å². The number of rotatable bonds is 47. The lowest BCUT2D eigenvalue weighted by molar-refractivity contribution is -0.379. The van der Waals surface area contributed by atoms with Gasteiger partial charge in [0.15, 0.2) is 18.9 Å². The Hall–Kier alpha value is -1.73. The second kappa shape index (κ2) is 44.7. The van der Waals surface area contributed by atoms with Crippen LogP contribution >= 0.6 is 0 Å². The highest BCUT2D eigenvalue weighted by Gasteiger charge is 2.53. The van der Waals surface area contributed by atoms with Crippen LogP contribution in [-0.4, -0.2) is 193 Å². The van der Waals surface area contributed by atoms with Crippen LogP contribution in [0.1, 0.15) is 226 Å². The monoisotopic (exact) mass is 1150 g/mol. The van der Waals surface area contributed by atoms with E-state index in [1.54, 1.807) is 6.08 Å². The quantitative estimate of drug-likeness (QED) is 0.0234. The molecule has 19 nitrogen and oxygen atoms in total. The van der Waals surface area contributed by atoms with E-state index in [1.165, 1.54) is 154 Å². The molecule has 0 spiro atoms. The zero-order chi connectivity index (χ0) is 58.3. The van der Waals surface area contributed by atoms with Crippen molar-refractivity contribution >= 4 is 5.91 Å². The van der Waals surface area contributed by atoms with Crippen LogP contribution in [0.15, 0.2) is 24.3 Å². The van der Waals surface area contributed by atoms with E-state index in [9.17, 15) is 61.0 Å². The van der Waals surface area contributed by atoms with E-state index in [0.29, 0.717) is 6.42 Å². The van der Waals surface area contributed by atoms with E-state index in [1.807, 2.05) is 6.08 Å². The summed E-state index contributed by atoms with van der Waals surface area (Å²) in [6.07, 6.45) is 20.4. The highest BCUT2D eigenvalue weighted by atomic mass is 16.8. The van der Waals surface area contributed by atoms with E-state index in [-0.39, 0.29) is 18.9 Å². The average Bonchev–Trinajstić information content (AvgIpc) is 3.47. The van der Waals surface area contributed by atoms with Gasteiger partial charge in [0.1, 0.15) is 73.2 Å². The minimum Gasteiger partial charge on any atom is -0.394 e. The predicted molar refractivity (Wildman–Crippen MR) is 305 cm³/mol. The third-order valence-corrected chi connectivity index (χ3v) is 16.0. The summed E-state index contributed by atoms with van der Waals surface area (Å²) in [6.45, 7) is 1.70. The lowest BCUT2D eigenvalue weighted by atomic mass is 9.96. The Morgan fingerprint density at radius 2 is 0.787 bits per heavy atom. The number of carbonyl (C=O) groups is 1. The fraction of sp³-hybridized carbons (Fsp3) is 0.918. The van der Waals surface area contributed by atoms with Crippen molar-refractivity contribution in [2.24, 2.45) is 0 Å². The average molecular weight is 1150 g/mol. The molecule has 0 bridgehead atoms. The lowest BCUT2D eigenvalue weighted by Gasteiger charge is -2.48. The first kappa shape index (κ1) is 72.5. The molecule has 0 aromatic rings. The summed E-state index contributed by atoms with van der Waals surface area (Å²) < 4.78 is 34.2. The Morgan fingerprint density at radius 3 is 1.21 bits per heavy atom. The first-order valence-corrected chi connectivity index (χ1v) is 31.6. The molecular weight excluding hydrogens is 1030 g/mol. The molecule has 0 aliphatic carbocycles. The van der Waals surface area contributed by atoms with Crippen molar-refractivity contribution in [1.29, 1.82) is 0 Å². The largest absolute Gasteiger partial charge is 0.394 e. The Balaban J connectivity index is 1.42. The van der Waals surface area contributed by atoms with Gasteiger partial charge in [-0.1, -0.05) is 199 Å². The van der Waals surface area contributed by atoms with Crippen LogP contribution in [-0.2, 0) is 33.2 Å². The van der Waals surface area contributed by atoms with Crippen molar-refractivity contribution in [3.05, 3.63) is 24.3 Å². The van der Waals surface area contributed by atoms with Gasteiger partial charge in [-0.05, 0) is 44.9 Å². The smallest absolute Gasteiger partial charge is 0.220 e. The van der Waals surface area contributed by atoms with E-state index in [0.717, 1.165) is 44.9 Å². The van der Waals surface area contributed by atoms with Crippen LogP contribution < -0.4 is 5.32 Å². The van der Waals surface area contributed by atoms with Crippen molar-refractivity contribution in [1.82, 2.24) is 5.32 Å². The molecule has 470 valence electrons. The Bertz CT molecular complexity index is 1560. The molecule has 3 rings (SSSR count). The summed E-state index contributed by atoms with van der Waals surface area (Å²) in [7, 11) is 0. The van der Waals surface area contributed by atoms with Crippen molar-refractivity contribution in [2.75, 3.05) is 26.4 Å². The van der Waals surface area contributed by atoms with Gasteiger partial charge in [0.05, 0.1) is 38.6 Å². The van der Waals surface area contributed by atoms with Crippen molar-refractivity contribution in [3.8, 4) is 0 Å². The predicted octanol–water partition coefficient (Wildman–Crippen LogP) is 6.32. The van der Waals surface area contributed by atoms with Gasteiger partial charge in [0.2, 0.25) is 5.91 Å². The van der Waals surface area contributed by atoms with Gasteiger partial charge in [0, 0.05) is 6.42 Å². The standard InChI is InChI=1S/C61H113NO18/c1-3-5-7-9-11-13-15-16-17-18-19-20-21-22-23-24-25-26-27-28-29-31-33-35-37-39-49(67)62-44(45(66)38-36-34-32-30-14-12-10-8-6-4-2)43-75-59-55(73)52(70)57(47(41-64)77-59)80-61-56(74)53(71)58(48(42-65)78-61)79-60-54(72)51(69)50(68)46(40-63)76-60/h18-19,36,38,44-48,50-61,63-66,68-74H,3-17,20-35,37,39-43H2,1-2H3,(H,62,67)/b19-18-,38-36+. The molecule has 0 saturated carbocycles. The number of aliphatic hydroxyl groups excluding tert-OH is 11. The number of unbranched alkanes of at least 4 members (excludes halogenated alkanes) is 29. The van der Waals surface area contributed by atoms with Gasteiger partial charge in [-0.25, -0.2) is 0 Å². The number of nitrogens with one attached hydrogen (secondary N) is 1. The molecule has 3 aliphatic rings. The number of ether oxygens (including phenoxy) is 6. The molecule has 0 radical (unpaired) electrons. The number of hydrogen-bond acceptors (Lipinski definition) is 18. The van der Waals surface area contributed by atoms with Gasteiger partial charge in [-0.2, -0.15) is 0 Å². The summed E-state index contributed by atoms with van der Waals surface area (Å²) in [6, 6.07) is -0.969. The van der Waals surface area contributed by atoms with Crippen LogP contribution in [0.2, 0.25) is 0 Å². The lowest BCUT2D eigenvalue weighted by Crippen LogP contribution is -2.66. The SMILES string of the molecule is CCCCCCCCCC/C=C\CCCCCCCCCCCCCCCC(=O)NC(COC1OC(CO)C(OC2OC(CO)C(OC3OC(CO)C(O)C(O)C3O)C(O)C2O)C(O)C1O)C(O)/C=C/CCCCCCCCCC. The van der Waals surface area contributed by atoms with Gasteiger partial charge in [-0.15, -0.1) is 0 Å². The normalized spacial score (nSPS) is 30.1. The molecule has 0 aromatic heterocycles. The zero-order valence-electron chi connectivity index (χ0n) is 49.1. The number of allylic oxidation sites excluding steroid dienone is 3. The van der Waals surface area contributed by atoms with E-state index in [2.05, 4.69) is 31.3 Å². The van der Waals surface area contributed by atoms with E-state index >= 15 is 0 Å². The van der Waals surface area contributed by atoms with Crippen LogP contribution in [0.25, 0.3) is 0 Å². The van der Waals surface area contributed by atoms with Gasteiger partial charge in [-0.3, -0.25) is 4.79 Å². The van der Waals surface area contributed by atoms with Crippen molar-refractivity contribution in [2.45, 2.75) is 330 Å². The number of aliphatic hydroxyl groups is 11.